The first kappa shape index (κ1) is 14.6. The number of aromatic amines is 1. The summed E-state index contributed by atoms with van der Waals surface area (Å²) < 4.78 is 12.8. The maximum atomic E-state index is 12.8. The van der Waals surface area contributed by atoms with Gasteiger partial charge in [-0.2, -0.15) is 5.10 Å². The van der Waals surface area contributed by atoms with Crippen molar-refractivity contribution in [3.05, 3.63) is 41.8 Å². The minimum absolute atomic E-state index is 0. The molecule has 1 heterocycles. The van der Waals surface area contributed by atoms with Crippen molar-refractivity contribution in [1.29, 1.82) is 0 Å². The van der Waals surface area contributed by atoms with E-state index in [-0.39, 0.29) is 30.9 Å². The van der Waals surface area contributed by atoms with Crippen molar-refractivity contribution in [3.8, 4) is 11.3 Å². The first-order chi connectivity index (χ1) is 8.20. The maximum absolute atomic E-state index is 12.8. The summed E-state index contributed by atoms with van der Waals surface area (Å²) in [6.07, 6.45) is 2.20. The Morgan fingerprint density at radius 1 is 1.33 bits per heavy atom. The Bertz CT molecular complexity index is 486. The Morgan fingerprint density at radius 2 is 2.00 bits per heavy atom. The Morgan fingerprint density at radius 3 is 2.61 bits per heavy atom. The van der Waals surface area contributed by atoms with Crippen LogP contribution in [0.1, 0.15) is 5.56 Å². The number of hydrogen-bond acceptors (Lipinski definition) is 3. The summed E-state index contributed by atoms with van der Waals surface area (Å²) in [6, 6.07) is 5.83. The predicted molar refractivity (Wildman–Crippen MR) is 70.0 cm³/mol. The standard InChI is InChI=1S/C12H14FN3O.ClH/c13-10-3-1-8(2-4-10)12-9(6-15-16-12)5-11(14)7-17;/h1-4,6,11,17H,5,7,14H2,(H,15,16);1H. The summed E-state index contributed by atoms with van der Waals surface area (Å²) in [7, 11) is 0. The number of aromatic nitrogens is 2. The van der Waals surface area contributed by atoms with Crippen LogP contribution in [0.4, 0.5) is 4.39 Å². The van der Waals surface area contributed by atoms with Crippen molar-refractivity contribution in [2.45, 2.75) is 12.5 Å². The van der Waals surface area contributed by atoms with Crippen molar-refractivity contribution in [1.82, 2.24) is 10.2 Å². The van der Waals surface area contributed by atoms with Crippen LogP contribution in [0, 0.1) is 5.82 Å². The molecule has 98 valence electrons. The molecule has 0 spiro atoms. The molecule has 0 bridgehead atoms. The summed E-state index contributed by atoms with van der Waals surface area (Å²) in [5, 5.41) is 15.7. The number of aliphatic hydroxyl groups excluding tert-OH is 1. The lowest BCUT2D eigenvalue weighted by Crippen LogP contribution is -2.26. The molecule has 4 nitrogen and oxygen atoms in total. The molecular formula is C12H15ClFN3O. The first-order valence-corrected chi connectivity index (χ1v) is 5.35. The number of hydrogen-bond donors (Lipinski definition) is 3. The molecule has 2 rings (SSSR count). The minimum atomic E-state index is -0.313. The average molecular weight is 272 g/mol. The van der Waals surface area contributed by atoms with Crippen LogP contribution in [-0.4, -0.2) is 28.0 Å². The number of H-pyrrole nitrogens is 1. The highest BCUT2D eigenvalue weighted by Crippen LogP contribution is 2.22. The van der Waals surface area contributed by atoms with Crippen LogP contribution in [0.25, 0.3) is 11.3 Å². The monoisotopic (exact) mass is 271 g/mol. The molecule has 0 radical (unpaired) electrons. The summed E-state index contributed by atoms with van der Waals surface area (Å²) in [5.41, 5.74) is 8.26. The lowest BCUT2D eigenvalue weighted by atomic mass is 10.0. The van der Waals surface area contributed by atoms with Crippen LogP contribution in [-0.2, 0) is 6.42 Å². The molecule has 0 fully saturated rings. The zero-order valence-electron chi connectivity index (χ0n) is 9.64. The Hall–Kier alpha value is -1.43. The highest BCUT2D eigenvalue weighted by molar-refractivity contribution is 5.85. The molecule has 0 aliphatic rings. The zero-order valence-corrected chi connectivity index (χ0v) is 10.5. The summed E-state index contributed by atoms with van der Waals surface area (Å²) in [5.74, 6) is -0.276. The van der Waals surface area contributed by atoms with Gasteiger partial charge in [0.25, 0.3) is 0 Å². The molecule has 0 aliphatic carbocycles. The lowest BCUT2D eigenvalue weighted by molar-refractivity contribution is 0.265. The number of nitrogens with two attached hydrogens (primary N) is 1. The molecule has 2 aromatic rings. The molecule has 6 heteroatoms. The molecule has 0 saturated heterocycles. The molecule has 1 unspecified atom stereocenters. The van der Waals surface area contributed by atoms with E-state index >= 15 is 0 Å². The van der Waals surface area contributed by atoms with E-state index < -0.39 is 0 Å². The van der Waals surface area contributed by atoms with Crippen LogP contribution in [0.3, 0.4) is 0 Å². The third-order valence-electron chi connectivity index (χ3n) is 2.57. The smallest absolute Gasteiger partial charge is 0.123 e. The van der Waals surface area contributed by atoms with Gasteiger partial charge in [-0.25, -0.2) is 4.39 Å². The van der Waals surface area contributed by atoms with Crippen LogP contribution in [0.2, 0.25) is 0 Å². The largest absolute Gasteiger partial charge is 0.395 e. The number of benzene rings is 1. The topological polar surface area (TPSA) is 74.9 Å². The van der Waals surface area contributed by atoms with Crippen molar-refractivity contribution >= 4 is 12.4 Å². The van der Waals surface area contributed by atoms with E-state index in [9.17, 15) is 4.39 Å². The number of aliphatic hydroxyl groups is 1. The summed E-state index contributed by atoms with van der Waals surface area (Å²) >= 11 is 0. The molecule has 1 aromatic carbocycles. The van der Waals surface area contributed by atoms with Gasteiger partial charge in [0.1, 0.15) is 5.82 Å². The van der Waals surface area contributed by atoms with E-state index in [0.29, 0.717) is 6.42 Å². The SMILES string of the molecule is Cl.NC(CO)Cc1cn[nH]c1-c1ccc(F)cc1. The van der Waals surface area contributed by atoms with Crippen LogP contribution < -0.4 is 5.73 Å². The third-order valence-corrected chi connectivity index (χ3v) is 2.57. The molecule has 4 N–H and O–H groups in total. The lowest BCUT2D eigenvalue weighted by Gasteiger charge is -2.08. The molecule has 0 aliphatic heterocycles. The number of nitrogens with zero attached hydrogens (tertiary/aromatic N) is 1. The second-order valence-corrected chi connectivity index (χ2v) is 3.92. The van der Waals surface area contributed by atoms with Crippen molar-refractivity contribution in [3.63, 3.8) is 0 Å². The van der Waals surface area contributed by atoms with Gasteiger partial charge in [-0.15, -0.1) is 12.4 Å². The normalized spacial score (nSPS) is 11.9. The molecule has 18 heavy (non-hydrogen) atoms. The molecule has 0 amide bonds. The van der Waals surface area contributed by atoms with E-state index in [2.05, 4.69) is 10.2 Å². The van der Waals surface area contributed by atoms with E-state index in [1.54, 1.807) is 18.3 Å². The second-order valence-electron chi connectivity index (χ2n) is 3.92. The minimum Gasteiger partial charge on any atom is -0.395 e. The fourth-order valence-corrected chi connectivity index (χ4v) is 1.68. The van der Waals surface area contributed by atoms with E-state index in [1.165, 1.54) is 12.1 Å². The number of rotatable bonds is 4. The van der Waals surface area contributed by atoms with Gasteiger partial charge in [0, 0.05) is 11.6 Å². The van der Waals surface area contributed by atoms with Gasteiger partial charge in [-0.3, -0.25) is 5.10 Å². The van der Waals surface area contributed by atoms with Crippen LogP contribution >= 0.6 is 12.4 Å². The van der Waals surface area contributed by atoms with Crippen molar-refractivity contribution in [2.24, 2.45) is 5.73 Å². The number of halogens is 2. The molecule has 1 atom stereocenters. The van der Waals surface area contributed by atoms with Crippen molar-refractivity contribution in [2.75, 3.05) is 6.61 Å². The van der Waals surface area contributed by atoms with Gasteiger partial charge in [0.05, 0.1) is 18.5 Å². The van der Waals surface area contributed by atoms with E-state index in [4.69, 9.17) is 10.8 Å². The van der Waals surface area contributed by atoms with Gasteiger partial charge in [-0.1, -0.05) is 0 Å². The second kappa shape index (κ2) is 6.49. The van der Waals surface area contributed by atoms with Gasteiger partial charge in [0.15, 0.2) is 0 Å². The first-order valence-electron chi connectivity index (χ1n) is 5.35. The van der Waals surface area contributed by atoms with Gasteiger partial charge in [0.2, 0.25) is 0 Å². The fourth-order valence-electron chi connectivity index (χ4n) is 1.68. The van der Waals surface area contributed by atoms with Crippen LogP contribution in [0.15, 0.2) is 30.5 Å². The zero-order chi connectivity index (χ0) is 12.3. The highest BCUT2D eigenvalue weighted by atomic mass is 35.5. The predicted octanol–water partition coefficient (Wildman–Crippen LogP) is 1.50. The quantitative estimate of drug-likeness (QED) is 0.789. The van der Waals surface area contributed by atoms with E-state index in [1.807, 2.05) is 0 Å². The Kier molecular flexibility index (Phi) is 5.27. The Labute approximate surface area is 110 Å². The summed E-state index contributed by atoms with van der Waals surface area (Å²) in [6.45, 7) is -0.0754. The van der Waals surface area contributed by atoms with Gasteiger partial charge < -0.3 is 10.8 Å². The highest BCUT2D eigenvalue weighted by Gasteiger charge is 2.11. The van der Waals surface area contributed by atoms with Gasteiger partial charge in [-0.05, 0) is 36.2 Å². The molecule has 0 saturated carbocycles. The Balaban J connectivity index is 0.00000162. The average Bonchev–Trinajstić information content (AvgIpc) is 2.78. The van der Waals surface area contributed by atoms with Crippen LogP contribution in [0.5, 0.6) is 0 Å². The van der Waals surface area contributed by atoms with Gasteiger partial charge >= 0.3 is 0 Å². The maximum Gasteiger partial charge on any atom is 0.123 e. The third kappa shape index (κ3) is 3.29. The molecule has 1 aromatic heterocycles. The summed E-state index contributed by atoms with van der Waals surface area (Å²) in [4.78, 5) is 0. The molecular weight excluding hydrogens is 257 g/mol. The fraction of sp³-hybridized carbons (Fsp3) is 0.250. The van der Waals surface area contributed by atoms with Crippen molar-refractivity contribution < 1.29 is 9.50 Å². The van der Waals surface area contributed by atoms with E-state index in [0.717, 1.165) is 16.8 Å². The number of nitrogens with one attached hydrogen (secondary N) is 1.